The number of amides is 3. The highest BCUT2D eigenvalue weighted by atomic mass is 32.2. The Kier molecular flexibility index (Phi) is 14.7. The lowest BCUT2D eigenvalue weighted by molar-refractivity contribution is -0.143. The van der Waals surface area contributed by atoms with Crippen molar-refractivity contribution in [2.24, 2.45) is 11.3 Å². The minimum absolute atomic E-state index is 0.0775. The molecule has 2 rings (SSSR count). The number of carbonyl (C=O) groups excluding carboxylic acids is 4. The third-order valence-electron chi connectivity index (χ3n) is 8.61. The standard InChI is InChI=1S/C31H54N6O6S/c1-8-14-23(27(38)29(40)32-18-9-2)35-28(39)24-17-13-19-37(24)30(41)26(22-15-11-10-12-16-22)34-21-33-25(31(3,4)5)20-36(6)44(7,42)43/h8-9,22-26,33-34H,1-2,10-21H2,3-7H3,(H,32,40)(H,35,39)/t23?,24-,25+,26-/m0/s1. The van der Waals surface area contributed by atoms with E-state index in [1.54, 1.807) is 11.9 Å². The van der Waals surface area contributed by atoms with Crippen LogP contribution in [0.2, 0.25) is 0 Å². The van der Waals surface area contributed by atoms with E-state index in [4.69, 9.17) is 0 Å². The molecule has 0 aromatic rings. The van der Waals surface area contributed by atoms with Gasteiger partial charge < -0.3 is 15.5 Å². The highest BCUT2D eigenvalue weighted by Gasteiger charge is 2.41. The van der Waals surface area contributed by atoms with Gasteiger partial charge in [-0.2, -0.15) is 0 Å². The number of carbonyl (C=O) groups is 4. The van der Waals surface area contributed by atoms with Crippen LogP contribution in [0.5, 0.6) is 0 Å². The monoisotopic (exact) mass is 638 g/mol. The molecular weight excluding hydrogens is 584 g/mol. The Morgan fingerprint density at radius 3 is 2.23 bits per heavy atom. The minimum atomic E-state index is -3.36. The fourth-order valence-corrected chi connectivity index (χ4v) is 6.23. The van der Waals surface area contributed by atoms with Crippen LogP contribution in [0.4, 0.5) is 0 Å². The normalized spacial score (nSPS) is 20.0. The quantitative estimate of drug-likeness (QED) is 0.106. The van der Waals surface area contributed by atoms with Crippen molar-refractivity contribution in [2.45, 2.75) is 96.3 Å². The molecule has 0 spiro atoms. The first-order chi connectivity index (χ1) is 20.6. The number of sulfonamides is 1. The number of nitrogens with one attached hydrogen (secondary N) is 4. The van der Waals surface area contributed by atoms with Crippen molar-refractivity contribution in [3.05, 3.63) is 25.3 Å². The molecule has 0 radical (unpaired) electrons. The summed E-state index contributed by atoms with van der Waals surface area (Å²) in [6.45, 7) is 14.4. The second-order valence-electron chi connectivity index (χ2n) is 13.1. The lowest BCUT2D eigenvalue weighted by Crippen LogP contribution is -2.59. The zero-order valence-electron chi connectivity index (χ0n) is 27.2. The maximum absolute atomic E-state index is 14.1. The molecule has 0 aromatic heterocycles. The van der Waals surface area contributed by atoms with Crippen molar-refractivity contribution in [1.82, 2.24) is 30.5 Å². The predicted octanol–water partition coefficient (Wildman–Crippen LogP) is 1.30. The highest BCUT2D eigenvalue weighted by Crippen LogP contribution is 2.29. The van der Waals surface area contributed by atoms with Crippen molar-refractivity contribution < 1.29 is 27.6 Å². The van der Waals surface area contributed by atoms with E-state index < -0.39 is 45.7 Å². The van der Waals surface area contributed by atoms with Crippen LogP contribution in [0.3, 0.4) is 0 Å². The van der Waals surface area contributed by atoms with Gasteiger partial charge in [-0.05, 0) is 43.4 Å². The van der Waals surface area contributed by atoms with Crippen molar-refractivity contribution in [1.29, 1.82) is 0 Å². The number of nitrogens with zero attached hydrogens (tertiary/aromatic N) is 2. The van der Waals surface area contributed by atoms with Crippen LogP contribution in [-0.4, -0.2) is 105 Å². The van der Waals surface area contributed by atoms with E-state index in [1.807, 2.05) is 20.8 Å². The van der Waals surface area contributed by atoms with Gasteiger partial charge in [0, 0.05) is 39.4 Å². The zero-order chi connectivity index (χ0) is 33.1. The van der Waals surface area contributed by atoms with Gasteiger partial charge in [0.15, 0.2) is 0 Å². The molecule has 2 aliphatic rings. The molecule has 3 amide bonds. The Morgan fingerprint density at radius 1 is 1.00 bits per heavy atom. The lowest BCUT2D eigenvalue weighted by Gasteiger charge is -2.37. The smallest absolute Gasteiger partial charge is 0.289 e. The van der Waals surface area contributed by atoms with E-state index in [0.717, 1.165) is 32.1 Å². The fourth-order valence-electron chi connectivity index (χ4n) is 5.81. The Bertz CT molecular complexity index is 1130. The predicted molar refractivity (Wildman–Crippen MR) is 172 cm³/mol. The lowest BCUT2D eigenvalue weighted by atomic mass is 9.83. The number of rotatable bonds is 17. The Labute approximate surface area is 263 Å². The molecule has 4 atom stereocenters. The third-order valence-corrected chi connectivity index (χ3v) is 9.89. The van der Waals surface area contributed by atoms with Gasteiger partial charge in [-0.15, -0.1) is 13.2 Å². The van der Waals surface area contributed by atoms with Crippen LogP contribution in [0.15, 0.2) is 25.3 Å². The Morgan fingerprint density at radius 2 is 1.66 bits per heavy atom. The van der Waals surface area contributed by atoms with Crippen LogP contribution in [-0.2, 0) is 29.2 Å². The molecular formula is C31H54N6O6S. The first-order valence-corrected chi connectivity index (χ1v) is 17.5. The third kappa shape index (κ3) is 11.1. The van der Waals surface area contributed by atoms with E-state index in [0.29, 0.717) is 19.4 Å². The van der Waals surface area contributed by atoms with Gasteiger partial charge >= 0.3 is 0 Å². The fraction of sp³-hybridized carbons (Fsp3) is 0.742. The minimum Gasteiger partial charge on any atom is -0.346 e. The molecule has 4 N–H and O–H groups in total. The van der Waals surface area contributed by atoms with Gasteiger partial charge in [0.05, 0.1) is 12.3 Å². The van der Waals surface area contributed by atoms with Crippen LogP contribution in [0, 0.1) is 11.3 Å². The Hall–Kier alpha value is -2.61. The molecule has 1 heterocycles. The van der Waals surface area contributed by atoms with Gasteiger partial charge in [0.2, 0.25) is 27.6 Å². The van der Waals surface area contributed by atoms with Crippen molar-refractivity contribution in [3.63, 3.8) is 0 Å². The Balaban J connectivity index is 2.18. The average molecular weight is 639 g/mol. The summed E-state index contributed by atoms with van der Waals surface area (Å²) in [5, 5.41) is 12.0. The molecule has 1 aliphatic carbocycles. The number of hydrogen-bond acceptors (Lipinski definition) is 8. The molecule has 12 nitrogen and oxygen atoms in total. The van der Waals surface area contributed by atoms with Crippen molar-refractivity contribution >= 4 is 33.5 Å². The largest absolute Gasteiger partial charge is 0.346 e. The van der Waals surface area contributed by atoms with Gasteiger partial charge in [0.25, 0.3) is 5.91 Å². The van der Waals surface area contributed by atoms with Crippen LogP contribution >= 0.6 is 0 Å². The number of ketones is 1. The number of likely N-dealkylation sites (N-methyl/N-ethyl adjacent to an activating group) is 1. The summed E-state index contributed by atoms with van der Waals surface area (Å²) >= 11 is 0. The molecule has 1 saturated carbocycles. The molecule has 13 heteroatoms. The summed E-state index contributed by atoms with van der Waals surface area (Å²) in [5.41, 5.74) is -0.259. The topological polar surface area (TPSA) is 157 Å². The van der Waals surface area contributed by atoms with E-state index in [1.165, 1.54) is 22.7 Å². The second-order valence-corrected chi connectivity index (χ2v) is 15.2. The van der Waals surface area contributed by atoms with Crippen molar-refractivity contribution in [2.75, 3.05) is 39.6 Å². The van der Waals surface area contributed by atoms with Gasteiger partial charge in [0.1, 0.15) is 12.1 Å². The summed E-state index contributed by atoms with van der Waals surface area (Å²) in [6, 6.07) is -2.56. The number of hydrogen-bond donors (Lipinski definition) is 4. The SMILES string of the molecule is C=CCNC(=O)C(=O)C(CC=C)NC(=O)[C@@H]1CCCN1C(=O)[C@@H](NCN[C@H](CN(C)S(C)(=O)=O)C(C)(C)C)C1CCCCC1. The molecule has 250 valence electrons. The van der Waals surface area contributed by atoms with E-state index in [9.17, 15) is 27.6 Å². The van der Waals surface area contributed by atoms with Crippen molar-refractivity contribution in [3.8, 4) is 0 Å². The van der Waals surface area contributed by atoms with Crippen LogP contribution < -0.4 is 21.3 Å². The van der Waals surface area contributed by atoms with E-state index in [-0.39, 0.29) is 49.5 Å². The second kappa shape index (κ2) is 17.2. The molecule has 1 unspecified atom stereocenters. The first-order valence-electron chi connectivity index (χ1n) is 15.6. The highest BCUT2D eigenvalue weighted by molar-refractivity contribution is 7.88. The summed E-state index contributed by atoms with van der Waals surface area (Å²) in [7, 11) is -1.81. The van der Waals surface area contributed by atoms with E-state index in [2.05, 4.69) is 34.4 Å². The van der Waals surface area contributed by atoms with Gasteiger partial charge in [-0.25, -0.2) is 12.7 Å². The zero-order valence-corrected chi connectivity index (χ0v) is 28.0. The molecule has 44 heavy (non-hydrogen) atoms. The number of likely N-dealkylation sites (tertiary alicyclic amines) is 1. The summed E-state index contributed by atoms with van der Waals surface area (Å²) in [4.78, 5) is 54.2. The van der Waals surface area contributed by atoms with Gasteiger partial charge in [-0.1, -0.05) is 52.2 Å². The number of Topliss-reactive ketones (excluding diaryl/α,β-unsaturated/α-hetero) is 1. The molecule has 2 fully saturated rings. The van der Waals surface area contributed by atoms with Crippen LogP contribution in [0.1, 0.15) is 72.1 Å². The molecule has 0 bridgehead atoms. The summed E-state index contributed by atoms with van der Waals surface area (Å²) in [5.74, 6) is -2.13. The summed E-state index contributed by atoms with van der Waals surface area (Å²) in [6.07, 6.45) is 10.2. The molecule has 1 aliphatic heterocycles. The molecule has 1 saturated heterocycles. The van der Waals surface area contributed by atoms with Crippen LogP contribution in [0.25, 0.3) is 0 Å². The van der Waals surface area contributed by atoms with Gasteiger partial charge in [-0.3, -0.25) is 29.8 Å². The maximum Gasteiger partial charge on any atom is 0.289 e. The molecule has 0 aromatic carbocycles. The first kappa shape index (κ1) is 37.6. The van der Waals surface area contributed by atoms with E-state index >= 15 is 0 Å². The summed E-state index contributed by atoms with van der Waals surface area (Å²) < 4.78 is 25.5. The average Bonchev–Trinajstić information content (AvgIpc) is 3.46. The maximum atomic E-state index is 14.1.